The van der Waals surface area contributed by atoms with Gasteiger partial charge in [0.15, 0.2) is 0 Å². The number of nitrogens with one attached hydrogen (secondary N) is 1. The molecule has 0 saturated carbocycles. The summed E-state index contributed by atoms with van der Waals surface area (Å²) in [7, 11) is -2.92. The van der Waals surface area contributed by atoms with Crippen LogP contribution in [0.25, 0.3) is 0 Å². The number of benzene rings is 3. The summed E-state index contributed by atoms with van der Waals surface area (Å²) in [5.74, 6) is -1.25. The summed E-state index contributed by atoms with van der Waals surface area (Å²) >= 11 is 6.27. The Balaban J connectivity index is 2.12. The Morgan fingerprint density at radius 2 is 1.64 bits per heavy atom. The first kappa shape index (κ1) is 32.9. The molecule has 0 aliphatic carbocycles. The molecule has 2 atom stereocenters. The zero-order chi connectivity index (χ0) is 31.0. The summed E-state index contributed by atoms with van der Waals surface area (Å²) in [5, 5.41) is 3.16. The highest BCUT2D eigenvalue weighted by Crippen LogP contribution is 2.35. The van der Waals surface area contributed by atoms with Gasteiger partial charge < -0.3 is 15.0 Å². The van der Waals surface area contributed by atoms with E-state index in [2.05, 4.69) is 5.32 Å². The van der Waals surface area contributed by atoms with Gasteiger partial charge in [0.1, 0.15) is 24.2 Å². The van der Waals surface area contributed by atoms with Crippen LogP contribution in [-0.4, -0.2) is 50.9 Å². The molecule has 3 aromatic rings. The second-order valence-electron chi connectivity index (χ2n) is 10.0. The molecule has 0 heterocycles. The zero-order valence-electron chi connectivity index (χ0n) is 24.4. The minimum absolute atomic E-state index is 0.0328. The molecular weight excluding hydrogens is 581 g/mol. The molecule has 2 amide bonds. The minimum Gasteiger partial charge on any atom is -0.495 e. The Morgan fingerprint density at radius 1 is 1.00 bits per heavy atom. The van der Waals surface area contributed by atoms with Gasteiger partial charge in [0.05, 0.1) is 17.7 Å². The van der Waals surface area contributed by atoms with E-state index in [0.717, 1.165) is 9.87 Å². The van der Waals surface area contributed by atoms with E-state index in [-0.39, 0.29) is 46.3 Å². The third-order valence-corrected chi connectivity index (χ3v) is 8.96. The van der Waals surface area contributed by atoms with Crippen molar-refractivity contribution in [1.82, 2.24) is 10.2 Å². The highest BCUT2D eigenvalue weighted by Gasteiger charge is 2.35. The molecule has 11 heteroatoms. The predicted octanol–water partition coefficient (Wildman–Crippen LogP) is 5.71. The lowest BCUT2D eigenvalue weighted by atomic mass is 10.1. The summed E-state index contributed by atoms with van der Waals surface area (Å²) in [6.07, 6.45) is 0.950. The first-order valence-corrected chi connectivity index (χ1v) is 15.5. The van der Waals surface area contributed by atoms with Crippen LogP contribution in [0.4, 0.5) is 10.1 Å². The summed E-state index contributed by atoms with van der Waals surface area (Å²) in [6.45, 7) is 6.70. The number of aryl methyl sites for hydroxylation is 1. The molecule has 0 radical (unpaired) electrons. The third-order valence-electron chi connectivity index (χ3n) is 6.95. The highest BCUT2D eigenvalue weighted by molar-refractivity contribution is 7.92. The molecule has 3 aromatic carbocycles. The Kier molecular flexibility index (Phi) is 11.4. The van der Waals surface area contributed by atoms with Crippen LogP contribution in [-0.2, 0) is 26.2 Å². The number of hydrogen-bond acceptors (Lipinski definition) is 5. The summed E-state index contributed by atoms with van der Waals surface area (Å²) in [6, 6.07) is 15.3. The first-order chi connectivity index (χ1) is 19.9. The topological polar surface area (TPSA) is 96.0 Å². The molecule has 0 saturated heterocycles. The van der Waals surface area contributed by atoms with Crippen molar-refractivity contribution >= 4 is 39.1 Å². The standard InChI is InChI=1S/C31H37ClFN3O5S/c1-6-22(4)34-31(38)27(7-2)35(19-23-10-13-25(33)14-11-23)30(37)20-36(28-18-24(32)12-17-29(28)41-5)42(39,40)26-15-8-21(3)9-16-26/h8-18,22,27H,6-7,19-20H2,1-5H3,(H,34,38)/t22-,27+/m0/s1. The number of carbonyl (C=O) groups excluding carboxylic acids is 2. The first-order valence-electron chi connectivity index (χ1n) is 13.7. The average Bonchev–Trinajstić information content (AvgIpc) is 2.96. The van der Waals surface area contributed by atoms with Crippen LogP contribution in [0.2, 0.25) is 5.02 Å². The van der Waals surface area contributed by atoms with Crippen LogP contribution >= 0.6 is 11.6 Å². The van der Waals surface area contributed by atoms with Crippen LogP contribution < -0.4 is 14.4 Å². The van der Waals surface area contributed by atoms with E-state index in [4.69, 9.17) is 16.3 Å². The molecule has 42 heavy (non-hydrogen) atoms. The van der Waals surface area contributed by atoms with Crippen molar-refractivity contribution in [3.05, 3.63) is 88.7 Å². The van der Waals surface area contributed by atoms with Crippen molar-refractivity contribution in [2.45, 2.75) is 64.1 Å². The monoisotopic (exact) mass is 617 g/mol. The quantitative estimate of drug-likeness (QED) is 0.265. The normalized spacial score (nSPS) is 12.7. The molecule has 0 bridgehead atoms. The van der Waals surface area contributed by atoms with Gasteiger partial charge in [-0.15, -0.1) is 0 Å². The zero-order valence-corrected chi connectivity index (χ0v) is 26.0. The van der Waals surface area contributed by atoms with Crippen LogP contribution in [0.3, 0.4) is 0 Å². The lowest BCUT2D eigenvalue weighted by molar-refractivity contribution is -0.140. The molecule has 0 fully saturated rings. The Labute approximate surface area is 252 Å². The maximum atomic E-state index is 14.2. The van der Waals surface area contributed by atoms with E-state index < -0.39 is 34.3 Å². The number of amides is 2. The molecule has 8 nitrogen and oxygen atoms in total. The molecule has 3 rings (SSSR count). The molecule has 0 unspecified atom stereocenters. The van der Waals surface area contributed by atoms with Crippen LogP contribution in [0.5, 0.6) is 5.75 Å². The van der Waals surface area contributed by atoms with Crippen LogP contribution in [0, 0.1) is 12.7 Å². The van der Waals surface area contributed by atoms with Crippen molar-refractivity contribution in [2.24, 2.45) is 0 Å². The van der Waals surface area contributed by atoms with Crippen molar-refractivity contribution < 1.29 is 27.1 Å². The maximum Gasteiger partial charge on any atom is 0.264 e. The van der Waals surface area contributed by atoms with Gasteiger partial charge in [0, 0.05) is 17.6 Å². The summed E-state index contributed by atoms with van der Waals surface area (Å²) in [5.41, 5.74) is 1.51. The fourth-order valence-electron chi connectivity index (χ4n) is 4.36. The Hall–Kier alpha value is -3.63. The number of halogens is 2. The van der Waals surface area contributed by atoms with E-state index >= 15 is 0 Å². The number of carbonyl (C=O) groups is 2. The van der Waals surface area contributed by atoms with Gasteiger partial charge >= 0.3 is 0 Å². The van der Waals surface area contributed by atoms with Crippen LogP contribution in [0.15, 0.2) is 71.6 Å². The van der Waals surface area contributed by atoms with E-state index in [1.807, 2.05) is 20.8 Å². The third kappa shape index (κ3) is 8.01. The van der Waals surface area contributed by atoms with Gasteiger partial charge in [0.25, 0.3) is 10.0 Å². The molecule has 0 spiro atoms. The van der Waals surface area contributed by atoms with Gasteiger partial charge in [-0.3, -0.25) is 13.9 Å². The maximum absolute atomic E-state index is 14.2. The Morgan fingerprint density at radius 3 is 2.21 bits per heavy atom. The summed E-state index contributed by atoms with van der Waals surface area (Å²) in [4.78, 5) is 28.8. The second-order valence-corrected chi connectivity index (χ2v) is 12.3. The molecule has 1 N–H and O–H groups in total. The molecule has 0 aromatic heterocycles. The number of hydrogen-bond donors (Lipinski definition) is 1. The predicted molar refractivity (Wildman–Crippen MR) is 163 cm³/mol. The Bertz CT molecular complexity index is 1480. The average molecular weight is 618 g/mol. The van der Waals surface area contributed by atoms with E-state index in [0.29, 0.717) is 12.0 Å². The minimum atomic E-state index is -4.31. The van der Waals surface area contributed by atoms with E-state index in [9.17, 15) is 22.4 Å². The molecule has 0 aliphatic heterocycles. The van der Waals surface area contributed by atoms with Gasteiger partial charge in [0.2, 0.25) is 11.8 Å². The number of nitrogens with zero attached hydrogens (tertiary/aromatic N) is 2. The largest absolute Gasteiger partial charge is 0.495 e. The fraction of sp³-hybridized carbons (Fsp3) is 0.355. The lowest BCUT2D eigenvalue weighted by Crippen LogP contribution is -2.53. The molecule has 0 aliphatic rings. The van der Waals surface area contributed by atoms with Crippen molar-refractivity contribution in [3.63, 3.8) is 0 Å². The lowest BCUT2D eigenvalue weighted by Gasteiger charge is -2.34. The van der Waals surface area contributed by atoms with Gasteiger partial charge in [-0.2, -0.15) is 0 Å². The molecular formula is C31H37ClFN3O5S. The summed E-state index contributed by atoms with van der Waals surface area (Å²) < 4.78 is 48.2. The SMILES string of the molecule is CC[C@H](C(=O)N[C@@H](C)CC)N(Cc1ccc(F)cc1)C(=O)CN(c1cc(Cl)ccc1OC)S(=O)(=O)c1ccc(C)cc1. The highest BCUT2D eigenvalue weighted by atomic mass is 35.5. The van der Waals surface area contributed by atoms with E-state index in [1.165, 1.54) is 60.5 Å². The van der Waals surface area contributed by atoms with Crippen molar-refractivity contribution in [2.75, 3.05) is 18.0 Å². The smallest absolute Gasteiger partial charge is 0.264 e. The van der Waals surface area contributed by atoms with Crippen LogP contribution in [0.1, 0.15) is 44.7 Å². The fourth-order valence-corrected chi connectivity index (χ4v) is 5.94. The number of rotatable bonds is 13. The van der Waals surface area contributed by atoms with Crippen molar-refractivity contribution in [1.29, 1.82) is 0 Å². The number of sulfonamides is 1. The second kappa shape index (κ2) is 14.5. The van der Waals surface area contributed by atoms with Gasteiger partial charge in [-0.05, 0) is 74.7 Å². The number of anilines is 1. The van der Waals surface area contributed by atoms with E-state index in [1.54, 1.807) is 25.1 Å². The number of ether oxygens (including phenoxy) is 1. The molecule has 226 valence electrons. The van der Waals surface area contributed by atoms with Gasteiger partial charge in [-0.1, -0.05) is 55.3 Å². The van der Waals surface area contributed by atoms with Gasteiger partial charge in [-0.25, -0.2) is 12.8 Å². The number of methoxy groups -OCH3 is 1. The van der Waals surface area contributed by atoms with Crippen molar-refractivity contribution in [3.8, 4) is 5.75 Å².